The minimum absolute atomic E-state index is 0.675. The van der Waals surface area contributed by atoms with E-state index in [2.05, 4.69) is 27.2 Å². The zero-order valence-electron chi connectivity index (χ0n) is 10.9. The Bertz CT molecular complexity index is 377. The molecule has 0 atom stereocenters. The highest BCUT2D eigenvalue weighted by molar-refractivity contribution is 5.38. The maximum atomic E-state index is 5.72. The van der Waals surface area contributed by atoms with Crippen LogP contribution in [-0.2, 0) is 0 Å². The molecule has 2 N–H and O–H groups in total. The summed E-state index contributed by atoms with van der Waals surface area (Å²) >= 11 is 0. The van der Waals surface area contributed by atoms with Gasteiger partial charge in [-0.3, -0.25) is 0 Å². The molecular weight excluding hydrogens is 224 g/mol. The molecule has 2 fully saturated rings. The molecule has 98 valence electrons. The molecule has 18 heavy (non-hydrogen) atoms. The van der Waals surface area contributed by atoms with E-state index in [0.717, 1.165) is 25.5 Å². The van der Waals surface area contributed by atoms with E-state index in [1.54, 1.807) is 0 Å². The molecule has 0 spiro atoms. The van der Waals surface area contributed by atoms with Gasteiger partial charge in [-0.15, -0.1) is 5.10 Å². The molecule has 3 rings (SSSR count). The van der Waals surface area contributed by atoms with Gasteiger partial charge in [-0.2, -0.15) is 5.10 Å². The van der Waals surface area contributed by atoms with Crippen molar-refractivity contribution in [3.05, 3.63) is 17.8 Å². The lowest BCUT2D eigenvalue weighted by molar-refractivity contribution is 0.404. The summed E-state index contributed by atoms with van der Waals surface area (Å²) in [5.41, 5.74) is 6.90. The first-order valence-electron chi connectivity index (χ1n) is 7.15. The van der Waals surface area contributed by atoms with Crippen LogP contribution in [0.2, 0.25) is 0 Å². The van der Waals surface area contributed by atoms with Gasteiger partial charge in [-0.1, -0.05) is 6.42 Å². The Hall–Kier alpha value is -1.16. The van der Waals surface area contributed by atoms with Crippen molar-refractivity contribution in [3.63, 3.8) is 0 Å². The summed E-state index contributed by atoms with van der Waals surface area (Å²) in [6.45, 7) is 2.96. The normalized spacial score (nSPS) is 21.9. The lowest BCUT2D eigenvalue weighted by Gasteiger charge is -2.32. The van der Waals surface area contributed by atoms with Gasteiger partial charge in [0.2, 0.25) is 0 Å². The van der Waals surface area contributed by atoms with Crippen molar-refractivity contribution in [2.75, 3.05) is 24.5 Å². The Labute approximate surface area is 109 Å². The minimum atomic E-state index is 0.675. The summed E-state index contributed by atoms with van der Waals surface area (Å²) in [4.78, 5) is 2.34. The number of hydrogen-bond donors (Lipinski definition) is 1. The summed E-state index contributed by atoms with van der Waals surface area (Å²) in [6.07, 6.45) is 6.29. The zero-order valence-corrected chi connectivity index (χ0v) is 10.9. The van der Waals surface area contributed by atoms with Gasteiger partial charge in [0, 0.05) is 19.0 Å². The largest absolute Gasteiger partial charge is 0.355 e. The average Bonchev–Trinajstić information content (AvgIpc) is 2.38. The van der Waals surface area contributed by atoms with Crippen LogP contribution in [0.15, 0.2) is 12.1 Å². The number of nitrogens with two attached hydrogens (primary N) is 1. The number of rotatable bonds is 3. The SMILES string of the molecule is NCC1CCN(c2ccc(C3CCC3)nn2)CC1. The second kappa shape index (κ2) is 5.22. The fourth-order valence-electron chi connectivity index (χ4n) is 2.82. The number of anilines is 1. The van der Waals surface area contributed by atoms with E-state index in [0.29, 0.717) is 11.8 Å². The molecular formula is C14H22N4. The first-order valence-corrected chi connectivity index (χ1v) is 7.15. The highest BCUT2D eigenvalue weighted by Crippen LogP contribution is 2.35. The topological polar surface area (TPSA) is 55.0 Å². The van der Waals surface area contributed by atoms with Gasteiger partial charge in [0.15, 0.2) is 5.82 Å². The van der Waals surface area contributed by atoms with Gasteiger partial charge in [-0.05, 0) is 50.3 Å². The first kappa shape index (κ1) is 11.9. The van der Waals surface area contributed by atoms with Gasteiger partial charge in [0.05, 0.1) is 5.69 Å². The molecule has 1 aromatic rings. The standard InChI is InChI=1S/C14H22N4/c15-10-11-6-8-18(9-7-11)14-5-4-13(16-17-14)12-2-1-3-12/h4-5,11-12H,1-3,6-10,15H2. The maximum Gasteiger partial charge on any atom is 0.151 e. The molecule has 4 heteroatoms. The molecule has 0 bridgehead atoms. The van der Waals surface area contributed by atoms with Crippen LogP contribution in [0.4, 0.5) is 5.82 Å². The zero-order chi connectivity index (χ0) is 12.4. The molecule has 2 heterocycles. The second-order valence-corrected chi connectivity index (χ2v) is 5.61. The Morgan fingerprint density at radius 3 is 2.39 bits per heavy atom. The number of hydrogen-bond acceptors (Lipinski definition) is 4. The van der Waals surface area contributed by atoms with Gasteiger partial charge >= 0.3 is 0 Å². The summed E-state index contributed by atoms with van der Waals surface area (Å²) in [5.74, 6) is 2.41. The molecule has 1 aromatic heterocycles. The van der Waals surface area contributed by atoms with Crippen LogP contribution in [0.1, 0.15) is 43.7 Å². The average molecular weight is 246 g/mol. The molecule has 0 amide bonds. The number of piperidine rings is 1. The highest BCUT2D eigenvalue weighted by Gasteiger charge is 2.22. The van der Waals surface area contributed by atoms with E-state index < -0.39 is 0 Å². The van der Waals surface area contributed by atoms with Crippen molar-refractivity contribution in [1.82, 2.24) is 10.2 Å². The molecule has 1 saturated heterocycles. The van der Waals surface area contributed by atoms with E-state index in [-0.39, 0.29) is 0 Å². The fourth-order valence-corrected chi connectivity index (χ4v) is 2.82. The van der Waals surface area contributed by atoms with Crippen molar-refractivity contribution < 1.29 is 0 Å². The third kappa shape index (κ3) is 2.34. The molecule has 4 nitrogen and oxygen atoms in total. The second-order valence-electron chi connectivity index (χ2n) is 5.61. The van der Waals surface area contributed by atoms with E-state index >= 15 is 0 Å². The predicted molar refractivity (Wildman–Crippen MR) is 72.6 cm³/mol. The molecule has 1 aliphatic carbocycles. The first-order chi connectivity index (χ1) is 8.86. The third-order valence-corrected chi connectivity index (χ3v) is 4.47. The van der Waals surface area contributed by atoms with E-state index in [4.69, 9.17) is 5.73 Å². The van der Waals surface area contributed by atoms with Gasteiger partial charge in [-0.25, -0.2) is 0 Å². The lowest BCUT2D eigenvalue weighted by atomic mass is 9.83. The molecule has 2 aliphatic rings. The van der Waals surface area contributed by atoms with Crippen LogP contribution >= 0.6 is 0 Å². The summed E-state index contributed by atoms with van der Waals surface area (Å²) in [6, 6.07) is 4.31. The summed E-state index contributed by atoms with van der Waals surface area (Å²) in [5, 5.41) is 8.80. The quantitative estimate of drug-likeness (QED) is 0.885. The molecule has 0 radical (unpaired) electrons. The van der Waals surface area contributed by atoms with Crippen molar-refractivity contribution in [2.45, 2.75) is 38.0 Å². The minimum Gasteiger partial charge on any atom is -0.355 e. The van der Waals surface area contributed by atoms with E-state index in [9.17, 15) is 0 Å². The van der Waals surface area contributed by atoms with Crippen molar-refractivity contribution in [3.8, 4) is 0 Å². The van der Waals surface area contributed by atoms with E-state index in [1.807, 2.05) is 0 Å². The van der Waals surface area contributed by atoms with Crippen LogP contribution < -0.4 is 10.6 Å². The Balaban J connectivity index is 1.62. The van der Waals surface area contributed by atoms with Gasteiger partial charge in [0.1, 0.15) is 0 Å². The van der Waals surface area contributed by atoms with Crippen LogP contribution in [0.5, 0.6) is 0 Å². The van der Waals surface area contributed by atoms with Crippen molar-refractivity contribution in [2.24, 2.45) is 11.7 Å². The van der Waals surface area contributed by atoms with Gasteiger partial charge < -0.3 is 10.6 Å². The van der Waals surface area contributed by atoms with Crippen LogP contribution in [0, 0.1) is 5.92 Å². The summed E-state index contributed by atoms with van der Waals surface area (Å²) in [7, 11) is 0. The summed E-state index contributed by atoms with van der Waals surface area (Å²) < 4.78 is 0. The fraction of sp³-hybridized carbons (Fsp3) is 0.714. The van der Waals surface area contributed by atoms with Crippen molar-refractivity contribution in [1.29, 1.82) is 0 Å². The predicted octanol–water partition coefficient (Wildman–Crippen LogP) is 1.92. The highest BCUT2D eigenvalue weighted by atomic mass is 15.3. The van der Waals surface area contributed by atoms with Crippen LogP contribution in [0.3, 0.4) is 0 Å². The van der Waals surface area contributed by atoms with Crippen molar-refractivity contribution >= 4 is 5.82 Å². The maximum absolute atomic E-state index is 5.72. The molecule has 1 aliphatic heterocycles. The number of nitrogens with zero attached hydrogens (tertiary/aromatic N) is 3. The molecule has 0 unspecified atom stereocenters. The van der Waals surface area contributed by atoms with Crippen LogP contribution in [0.25, 0.3) is 0 Å². The monoisotopic (exact) mass is 246 g/mol. The molecule has 1 saturated carbocycles. The third-order valence-electron chi connectivity index (χ3n) is 4.47. The Kier molecular flexibility index (Phi) is 3.46. The lowest BCUT2D eigenvalue weighted by Crippen LogP contribution is -2.36. The Morgan fingerprint density at radius 1 is 1.11 bits per heavy atom. The van der Waals surface area contributed by atoms with Gasteiger partial charge in [0.25, 0.3) is 0 Å². The number of aromatic nitrogens is 2. The van der Waals surface area contributed by atoms with Crippen LogP contribution in [-0.4, -0.2) is 29.8 Å². The molecule has 0 aromatic carbocycles. The smallest absolute Gasteiger partial charge is 0.151 e. The Morgan fingerprint density at radius 2 is 1.89 bits per heavy atom. The van der Waals surface area contributed by atoms with E-state index in [1.165, 1.54) is 37.8 Å².